The van der Waals surface area contributed by atoms with Crippen LogP contribution < -0.4 is 5.32 Å². The van der Waals surface area contributed by atoms with Crippen LogP contribution in [0.2, 0.25) is 0 Å². The Morgan fingerprint density at radius 2 is 1.79 bits per heavy atom. The first-order chi connectivity index (χ1) is 13.6. The van der Waals surface area contributed by atoms with Gasteiger partial charge in [0.1, 0.15) is 0 Å². The van der Waals surface area contributed by atoms with E-state index in [0.717, 1.165) is 30.5 Å². The smallest absolute Gasteiger partial charge is 0.227 e. The normalized spacial score (nSPS) is 13.5. The molecule has 0 radical (unpaired) electrons. The van der Waals surface area contributed by atoms with Gasteiger partial charge < -0.3 is 5.32 Å². The number of aromatic nitrogens is 3. The number of carbonyl (C=O) groups excluding carboxylic acids is 1. The summed E-state index contributed by atoms with van der Waals surface area (Å²) in [5.41, 5.74) is 4.48. The maximum Gasteiger partial charge on any atom is 0.227 e. The summed E-state index contributed by atoms with van der Waals surface area (Å²) in [5.74, 6) is 1.53. The largest absolute Gasteiger partial charge is 0.324 e. The standard InChI is InChI=1S/C23H24N4O/c1-15(2)11-16-3-7-19(8-4-16)27-23-25-12-18(13-26-23)22(28)20-9-10-24-14-21(20)17-5-6-17/h3-4,7-10,12-15,17H,5-6,11H2,1-2H3,(H,25,26,27). The zero-order chi connectivity index (χ0) is 19.5. The highest BCUT2D eigenvalue weighted by atomic mass is 16.1. The first kappa shape index (κ1) is 18.3. The van der Waals surface area contributed by atoms with E-state index in [9.17, 15) is 4.79 Å². The molecule has 0 bridgehead atoms. The Bertz CT molecular complexity index is 961. The van der Waals surface area contributed by atoms with Crippen molar-refractivity contribution in [3.8, 4) is 0 Å². The van der Waals surface area contributed by atoms with Gasteiger partial charge >= 0.3 is 0 Å². The average Bonchev–Trinajstić information content (AvgIpc) is 3.54. The minimum Gasteiger partial charge on any atom is -0.324 e. The maximum atomic E-state index is 12.9. The average molecular weight is 372 g/mol. The second-order valence-electron chi connectivity index (χ2n) is 7.78. The van der Waals surface area contributed by atoms with Crippen LogP contribution in [0.5, 0.6) is 0 Å². The minimum absolute atomic E-state index is 0.0473. The predicted octanol–water partition coefficient (Wildman–Crippen LogP) is 4.92. The predicted molar refractivity (Wildman–Crippen MR) is 110 cm³/mol. The molecule has 1 aromatic carbocycles. The number of pyridine rings is 1. The molecule has 1 aliphatic rings. The molecule has 0 aliphatic heterocycles. The summed E-state index contributed by atoms with van der Waals surface area (Å²) in [5, 5.41) is 3.19. The van der Waals surface area contributed by atoms with Gasteiger partial charge in [-0.2, -0.15) is 0 Å². The van der Waals surface area contributed by atoms with Crippen LogP contribution in [-0.2, 0) is 6.42 Å². The number of benzene rings is 1. The fourth-order valence-electron chi connectivity index (χ4n) is 3.32. The number of hydrogen-bond donors (Lipinski definition) is 1. The van der Waals surface area contributed by atoms with Crippen LogP contribution in [0.15, 0.2) is 55.1 Å². The third-order valence-corrected chi connectivity index (χ3v) is 4.88. The molecule has 0 spiro atoms. The summed E-state index contributed by atoms with van der Waals surface area (Å²) in [7, 11) is 0. The van der Waals surface area contributed by atoms with Gasteiger partial charge in [0.25, 0.3) is 0 Å². The third kappa shape index (κ3) is 4.25. The molecule has 5 nitrogen and oxygen atoms in total. The van der Waals surface area contributed by atoms with Gasteiger partial charge in [-0.15, -0.1) is 0 Å². The number of hydrogen-bond acceptors (Lipinski definition) is 5. The Labute approximate surface area is 165 Å². The second kappa shape index (κ2) is 7.89. The van der Waals surface area contributed by atoms with Crippen molar-refractivity contribution in [1.29, 1.82) is 0 Å². The van der Waals surface area contributed by atoms with Crippen LogP contribution in [0.3, 0.4) is 0 Å². The summed E-state index contributed by atoms with van der Waals surface area (Å²) in [6.45, 7) is 4.42. The fourth-order valence-corrected chi connectivity index (χ4v) is 3.32. The zero-order valence-corrected chi connectivity index (χ0v) is 16.2. The van der Waals surface area contributed by atoms with Crippen LogP contribution in [-0.4, -0.2) is 20.7 Å². The molecule has 3 aromatic rings. The Morgan fingerprint density at radius 1 is 1.07 bits per heavy atom. The molecule has 142 valence electrons. The highest BCUT2D eigenvalue weighted by Crippen LogP contribution is 2.41. The van der Waals surface area contributed by atoms with Crippen molar-refractivity contribution in [2.75, 3.05) is 5.32 Å². The van der Waals surface area contributed by atoms with E-state index in [4.69, 9.17) is 0 Å². The Kier molecular flexibility index (Phi) is 5.15. The number of nitrogens with one attached hydrogen (secondary N) is 1. The van der Waals surface area contributed by atoms with Crippen LogP contribution >= 0.6 is 0 Å². The molecular formula is C23H24N4O. The fraction of sp³-hybridized carbons (Fsp3) is 0.304. The van der Waals surface area contributed by atoms with E-state index in [-0.39, 0.29) is 5.78 Å². The van der Waals surface area contributed by atoms with E-state index in [0.29, 0.717) is 28.9 Å². The Balaban J connectivity index is 1.46. The molecule has 0 amide bonds. The van der Waals surface area contributed by atoms with Crippen LogP contribution in [0.4, 0.5) is 11.6 Å². The molecule has 1 saturated carbocycles. The molecule has 0 unspecified atom stereocenters. The number of carbonyl (C=O) groups is 1. The molecule has 2 aromatic heterocycles. The first-order valence-corrected chi connectivity index (χ1v) is 9.77. The van der Waals surface area contributed by atoms with Crippen molar-refractivity contribution in [3.05, 3.63) is 77.4 Å². The summed E-state index contributed by atoms with van der Waals surface area (Å²) >= 11 is 0. The number of ketones is 1. The van der Waals surface area contributed by atoms with Gasteiger partial charge in [0.2, 0.25) is 5.95 Å². The number of anilines is 2. The molecule has 4 rings (SSSR count). The van der Waals surface area contributed by atoms with Gasteiger partial charge in [-0.1, -0.05) is 26.0 Å². The van der Waals surface area contributed by atoms with E-state index in [2.05, 4.69) is 46.2 Å². The highest BCUT2D eigenvalue weighted by molar-refractivity contribution is 6.09. The summed E-state index contributed by atoms with van der Waals surface area (Å²) < 4.78 is 0. The van der Waals surface area contributed by atoms with E-state index in [1.165, 1.54) is 5.56 Å². The Hall–Kier alpha value is -3.08. The number of nitrogens with zero attached hydrogens (tertiary/aromatic N) is 3. The first-order valence-electron chi connectivity index (χ1n) is 9.77. The number of rotatable bonds is 7. The summed E-state index contributed by atoms with van der Waals surface area (Å²) in [6, 6.07) is 10.1. The van der Waals surface area contributed by atoms with Gasteiger partial charge in [0.05, 0.1) is 5.56 Å². The van der Waals surface area contributed by atoms with Gasteiger partial charge in [-0.3, -0.25) is 9.78 Å². The maximum absolute atomic E-state index is 12.9. The molecule has 5 heteroatoms. The van der Waals surface area contributed by atoms with E-state index >= 15 is 0 Å². The van der Waals surface area contributed by atoms with Crippen molar-refractivity contribution in [1.82, 2.24) is 15.0 Å². The second-order valence-corrected chi connectivity index (χ2v) is 7.78. The van der Waals surface area contributed by atoms with Crippen molar-refractivity contribution >= 4 is 17.4 Å². The molecule has 1 aliphatic carbocycles. The van der Waals surface area contributed by atoms with E-state index in [1.807, 2.05) is 18.3 Å². The highest BCUT2D eigenvalue weighted by Gasteiger charge is 2.28. The lowest BCUT2D eigenvalue weighted by atomic mass is 9.99. The third-order valence-electron chi connectivity index (χ3n) is 4.88. The lowest BCUT2D eigenvalue weighted by Crippen LogP contribution is -2.07. The van der Waals surface area contributed by atoms with Crippen molar-refractivity contribution in [2.24, 2.45) is 5.92 Å². The SMILES string of the molecule is CC(C)Cc1ccc(Nc2ncc(C(=O)c3ccncc3C3CC3)cn2)cc1. The molecule has 2 heterocycles. The van der Waals surface area contributed by atoms with Gasteiger partial charge in [0.15, 0.2) is 5.78 Å². The Morgan fingerprint density at radius 3 is 2.43 bits per heavy atom. The minimum atomic E-state index is -0.0473. The van der Waals surface area contributed by atoms with Crippen LogP contribution in [0.1, 0.15) is 59.7 Å². The molecule has 1 fully saturated rings. The lowest BCUT2D eigenvalue weighted by Gasteiger charge is -2.09. The van der Waals surface area contributed by atoms with Crippen molar-refractivity contribution < 1.29 is 4.79 Å². The molecule has 1 N–H and O–H groups in total. The topological polar surface area (TPSA) is 67.8 Å². The summed E-state index contributed by atoms with van der Waals surface area (Å²) in [4.78, 5) is 25.7. The van der Waals surface area contributed by atoms with E-state index < -0.39 is 0 Å². The molecule has 0 saturated heterocycles. The van der Waals surface area contributed by atoms with E-state index in [1.54, 1.807) is 24.7 Å². The van der Waals surface area contributed by atoms with Crippen molar-refractivity contribution in [3.63, 3.8) is 0 Å². The monoisotopic (exact) mass is 372 g/mol. The van der Waals surface area contributed by atoms with Crippen LogP contribution in [0, 0.1) is 5.92 Å². The lowest BCUT2D eigenvalue weighted by molar-refractivity contribution is 0.103. The summed E-state index contributed by atoms with van der Waals surface area (Å²) in [6.07, 6.45) is 9.96. The quantitative estimate of drug-likeness (QED) is 0.596. The van der Waals surface area contributed by atoms with Gasteiger partial charge in [0, 0.05) is 36.0 Å². The molecular weight excluding hydrogens is 348 g/mol. The van der Waals surface area contributed by atoms with Crippen LogP contribution in [0.25, 0.3) is 0 Å². The molecule has 0 atom stereocenters. The van der Waals surface area contributed by atoms with Gasteiger partial charge in [-0.25, -0.2) is 9.97 Å². The molecule has 28 heavy (non-hydrogen) atoms. The van der Waals surface area contributed by atoms with Gasteiger partial charge in [-0.05, 0) is 60.4 Å². The van der Waals surface area contributed by atoms with Crippen molar-refractivity contribution in [2.45, 2.75) is 39.0 Å². The zero-order valence-electron chi connectivity index (χ0n) is 16.2.